The molecule has 0 saturated heterocycles. The van der Waals surface area contributed by atoms with Crippen LogP contribution in [-0.2, 0) is 0 Å². The number of hydrogen-bond donors (Lipinski definition) is 0. The van der Waals surface area contributed by atoms with E-state index < -0.39 is 0 Å². The van der Waals surface area contributed by atoms with Crippen molar-refractivity contribution in [2.75, 3.05) is 0 Å². The maximum absolute atomic E-state index is 4.20. The zero-order valence-electron chi connectivity index (χ0n) is 13.4. The Morgan fingerprint density at radius 2 is 1.50 bits per heavy atom. The predicted octanol–water partition coefficient (Wildman–Crippen LogP) is 6.76. The second-order valence-corrected chi connectivity index (χ2v) is 6.31. The van der Waals surface area contributed by atoms with Crippen LogP contribution in [0.5, 0.6) is 0 Å². The molecule has 0 nitrogen and oxygen atoms in total. The summed E-state index contributed by atoms with van der Waals surface area (Å²) in [6, 6.07) is 0. The molecule has 0 rings (SSSR count). The lowest BCUT2D eigenvalue weighted by Crippen LogP contribution is -2.02. The standard InChI is InChI=1S/C18H36/c1-6-8-9-12-17(4)13-10-11-14-18(5)15-16(3)7-2/h16,18H,4,6-15H2,1-3,5H3. The minimum atomic E-state index is 0.906. The maximum Gasteiger partial charge on any atom is -0.0323 e. The van der Waals surface area contributed by atoms with Gasteiger partial charge in [-0.15, -0.1) is 0 Å². The van der Waals surface area contributed by atoms with E-state index in [0.29, 0.717) is 0 Å². The normalized spacial score (nSPS) is 14.4. The van der Waals surface area contributed by atoms with Crippen molar-refractivity contribution in [1.82, 2.24) is 0 Å². The van der Waals surface area contributed by atoms with Crippen LogP contribution in [0.25, 0.3) is 0 Å². The van der Waals surface area contributed by atoms with E-state index >= 15 is 0 Å². The van der Waals surface area contributed by atoms with E-state index in [-0.39, 0.29) is 0 Å². The topological polar surface area (TPSA) is 0 Å². The summed E-state index contributed by atoms with van der Waals surface area (Å²) >= 11 is 0. The van der Waals surface area contributed by atoms with Crippen molar-refractivity contribution in [3.63, 3.8) is 0 Å². The summed E-state index contributed by atoms with van der Waals surface area (Å²) in [7, 11) is 0. The molecule has 0 heteroatoms. The molecule has 0 bridgehead atoms. The number of allylic oxidation sites excluding steroid dienone is 1. The minimum Gasteiger partial charge on any atom is -0.0999 e. The summed E-state index contributed by atoms with van der Waals surface area (Å²) in [4.78, 5) is 0. The Kier molecular flexibility index (Phi) is 11.6. The number of rotatable bonds is 12. The summed E-state index contributed by atoms with van der Waals surface area (Å²) in [6.07, 6.45) is 13.5. The van der Waals surface area contributed by atoms with E-state index in [1.54, 1.807) is 0 Å². The molecular weight excluding hydrogens is 216 g/mol. The van der Waals surface area contributed by atoms with Crippen LogP contribution >= 0.6 is 0 Å². The Bertz CT molecular complexity index is 192. The van der Waals surface area contributed by atoms with Crippen molar-refractivity contribution < 1.29 is 0 Å². The van der Waals surface area contributed by atoms with Crippen LogP contribution in [-0.4, -0.2) is 0 Å². The van der Waals surface area contributed by atoms with Crippen molar-refractivity contribution in [2.24, 2.45) is 11.8 Å². The molecule has 0 radical (unpaired) electrons. The molecule has 0 amide bonds. The highest BCUT2D eigenvalue weighted by Gasteiger charge is 2.06. The quantitative estimate of drug-likeness (QED) is 0.266. The summed E-state index contributed by atoms with van der Waals surface area (Å²) in [5.74, 6) is 1.82. The second-order valence-electron chi connectivity index (χ2n) is 6.31. The van der Waals surface area contributed by atoms with Crippen molar-refractivity contribution in [3.05, 3.63) is 12.2 Å². The molecule has 18 heavy (non-hydrogen) atoms. The van der Waals surface area contributed by atoms with E-state index in [4.69, 9.17) is 0 Å². The third-order valence-electron chi connectivity index (χ3n) is 4.11. The Balaban J connectivity index is 3.40. The Morgan fingerprint density at radius 3 is 2.06 bits per heavy atom. The van der Waals surface area contributed by atoms with Gasteiger partial charge in [0.25, 0.3) is 0 Å². The molecule has 0 aromatic carbocycles. The molecule has 2 atom stereocenters. The highest BCUT2D eigenvalue weighted by molar-refractivity contribution is 4.93. The lowest BCUT2D eigenvalue weighted by Gasteiger charge is -2.15. The first kappa shape index (κ1) is 17.7. The van der Waals surface area contributed by atoms with Gasteiger partial charge in [-0.25, -0.2) is 0 Å². The first-order valence-corrected chi connectivity index (χ1v) is 8.26. The van der Waals surface area contributed by atoms with E-state index in [1.165, 1.54) is 69.8 Å². The largest absolute Gasteiger partial charge is 0.0999 e. The fourth-order valence-electron chi connectivity index (χ4n) is 2.59. The molecule has 0 aliphatic rings. The van der Waals surface area contributed by atoms with Crippen LogP contribution in [0, 0.1) is 11.8 Å². The van der Waals surface area contributed by atoms with Crippen LogP contribution in [0.1, 0.15) is 91.9 Å². The van der Waals surface area contributed by atoms with Crippen molar-refractivity contribution in [1.29, 1.82) is 0 Å². The minimum absolute atomic E-state index is 0.906. The smallest absolute Gasteiger partial charge is 0.0323 e. The third-order valence-corrected chi connectivity index (χ3v) is 4.11. The Hall–Kier alpha value is -0.260. The van der Waals surface area contributed by atoms with Gasteiger partial charge in [-0.05, 0) is 43.9 Å². The van der Waals surface area contributed by atoms with Gasteiger partial charge in [0, 0.05) is 0 Å². The zero-order valence-corrected chi connectivity index (χ0v) is 13.4. The molecule has 0 spiro atoms. The molecule has 0 saturated carbocycles. The van der Waals surface area contributed by atoms with E-state index in [1.807, 2.05) is 0 Å². The summed E-state index contributed by atoms with van der Waals surface area (Å²) in [5, 5.41) is 0. The first-order chi connectivity index (χ1) is 8.60. The zero-order chi connectivity index (χ0) is 13.8. The average Bonchev–Trinajstić information content (AvgIpc) is 2.34. The third kappa shape index (κ3) is 10.9. The van der Waals surface area contributed by atoms with Crippen molar-refractivity contribution >= 4 is 0 Å². The van der Waals surface area contributed by atoms with E-state index in [0.717, 1.165) is 11.8 Å². The lowest BCUT2D eigenvalue weighted by molar-refractivity contribution is 0.376. The van der Waals surface area contributed by atoms with Crippen LogP contribution in [0.3, 0.4) is 0 Å². The summed E-state index contributed by atoms with van der Waals surface area (Å²) in [6.45, 7) is 13.6. The van der Waals surface area contributed by atoms with Gasteiger partial charge in [0.05, 0.1) is 0 Å². The van der Waals surface area contributed by atoms with Gasteiger partial charge >= 0.3 is 0 Å². The van der Waals surface area contributed by atoms with E-state index in [2.05, 4.69) is 34.3 Å². The SMILES string of the molecule is C=C(CCCCC)CCCCC(C)CC(C)CC. The van der Waals surface area contributed by atoms with E-state index in [9.17, 15) is 0 Å². The molecular formula is C18H36. The fraction of sp³-hybridized carbons (Fsp3) is 0.889. The molecule has 0 aromatic rings. The molecule has 2 unspecified atom stereocenters. The Morgan fingerprint density at radius 1 is 0.889 bits per heavy atom. The highest BCUT2D eigenvalue weighted by atomic mass is 14.1. The molecule has 0 fully saturated rings. The van der Waals surface area contributed by atoms with Gasteiger partial charge in [-0.3, -0.25) is 0 Å². The molecule has 0 N–H and O–H groups in total. The van der Waals surface area contributed by atoms with Gasteiger partial charge in [0.2, 0.25) is 0 Å². The van der Waals surface area contributed by atoms with Crippen LogP contribution in [0.4, 0.5) is 0 Å². The van der Waals surface area contributed by atoms with Gasteiger partial charge in [0.15, 0.2) is 0 Å². The van der Waals surface area contributed by atoms with Gasteiger partial charge in [-0.1, -0.05) is 72.0 Å². The molecule has 0 aromatic heterocycles. The molecule has 0 aliphatic carbocycles. The number of unbranched alkanes of at least 4 members (excludes halogenated alkanes) is 3. The van der Waals surface area contributed by atoms with Gasteiger partial charge in [-0.2, -0.15) is 0 Å². The fourth-order valence-corrected chi connectivity index (χ4v) is 2.59. The molecule has 0 heterocycles. The lowest BCUT2D eigenvalue weighted by atomic mass is 9.91. The highest BCUT2D eigenvalue weighted by Crippen LogP contribution is 2.21. The Labute approximate surface area is 116 Å². The van der Waals surface area contributed by atoms with Crippen LogP contribution < -0.4 is 0 Å². The van der Waals surface area contributed by atoms with Crippen LogP contribution in [0.2, 0.25) is 0 Å². The predicted molar refractivity (Wildman–Crippen MR) is 85.0 cm³/mol. The molecule has 0 aliphatic heterocycles. The van der Waals surface area contributed by atoms with Crippen molar-refractivity contribution in [3.8, 4) is 0 Å². The summed E-state index contributed by atoms with van der Waals surface area (Å²) in [5.41, 5.74) is 1.48. The maximum atomic E-state index is 4.20. The molecule has 108 valence electrons. The first-order valence-electron chi connectivity index (χ1n) is 8.26. The van der Waals surface area contributed by atoms with Crippen molar-refractivity contribution in [2.45, 2.75) is 91.9 Å². The summed E-state index contributed by atoms with van der Waals surface area (Å²) < 4.78 is 0. The van der Waals surface area contributed by atoms with Gasteiger partial charge in [0.1, 0.15) is 0 Å². The number of hydrogen-bond acceptors (Lipinski definition) is 0. The average molecular weight is 252 g/mol. The van der Waals surface area contributed by atoms with Crippen LogP contribution in [0.15, 0.2) is 12.2 Å². The monoisotopic (exact) mass is 252 g/mol. The second kappa shape index (κ2) is 11.8. The van der Waals surface area contributed by atoms with Gasteiger partial charge < -0.3 is 0 Å².